The summed E-state index contributed by atoms with van der Waals surface area (Å²) in [4.78, 5) is 0. The van der Waals surface area contributed by atoms with E-state index in [4.69, 9.17) is 5.73 Å². The molecule has 0 aromatic rings. The number of rotatable bonds is 2. The summed E-state index contributed by atoms with van der Waals surface area (Å²) in [5.41, 5.74) is 6.74. The third-order valence-electron chi connectivity index (χ3n) is 2.77. The van der Waals surface area contributed by atoms with E-state index >= 15 is 0 Å². The predicted octanol–water partition coefficient (Wildman–Crippen LogP) is 1.36. The summed E-state index contributed by atoms with van der Waals surface area (Å²) in [5, 5.41) is 9.87. The van der Waals surface area contributed by atoms with Crippen molar-refractivity contribution in [2.24, 2.45) is 11.7 Å². The molecule has 2 rings (SSSR count). The van der Waals surface area contributed by atoms with Crippen molar-refractivity contribution in [3.63, 3.8) is 0 Å². The topological polar surface area (TPSA) is 46.2 Å². The van der Waals surface area contributed by atoms with E-state index in [0.29, 0.717) is 5.92 Å². The molecule has 2 aliphatic rings. The number of aliphatic hydroxyl groups is 1. The summed E-state index contributed by atoms with van der Waals surface area (Å²) in [7, 11) is 0. The maximum Gasteiger partial charge on any atom is 0.0815 e. The van der Waals surface area contributed by atoms with Crippen LogP contribution in [-0.2, 0) is 0 Å². The molecule has 2 aliphatic carbocycles. The Hall–Kier alpha value is -0.600. The summed E-state index contributed by atoms with van der Waals surface area (Å²) in [6.07, 6.45) is 8.99. The summed E-state index contributed by atoms with van der Waals surface area (Å²) < 4.78 is 0. The zero-order chi connectivity index (χ0) is 9.47. The molecule has 0 spiro atoms. The van der Waals surface area contributed by atoms with Crippen molar-refractivity contribution < 1.29 is 5.11 Å². The van der Waals surface area contributed by atoms with Crippen LogP contribution >= 0.6 is 0 Å². The zero-order valence-corrected chi connectivity index (χ0v) is 8.03. The third kappa shape index (κ3) is 2.01. The van der Waals surface area contributed by atoms with Crippen LogP contribution in [0.1, 0.15) is 26.2 Å². The van der Waals surface area contributed by atoms with Gasteiger partial charge in [0.2, 0.25) is 0 Å². The van der Waals surface area contributed by atoms with E-state index in [0.717, 1.165) is 24.8 Å². The smallest absolute Gasteiger partial charge is 0.0815 e. The molecule has 2 nitrogen and oxygen atoms in total. The maximum absolute atomic E-state index is 9.87. The molecule has 1 saturated carbocycles. The average Bonchev–Trinajstić information content (AvgIpc) is 2.83. The van der Waals surface area contributed by atoms with Crippen molar-refractivity contribution in [1.29, 1.82) is 0 Å². The first kappa shape index (κ1) is 8.97. The molecule has 0 amide bonds. The molecule has 0 saturated heterocycles. The van der Waals surface area contributed by atoms with E-state index < -0.39 is 0 Å². The minimum Gasteiger partial charge on any atom is -0.388 e. The van der Waals surface area contributed by atoms with Crippen LogP contribution in [0.5, 0.6) is 0 Å². The summed E-state index contributed by atoms with van der Waals surface area (Å²) in [6.45, 7) is 2.00. The number of hydrogen-bond donors (Lipinski definition) is 2. The molecule has 0 aromatic heterocycles. The van der Waals surface area contributed by atoms with Crippen LogP contribution in [-0.4, -0.2) is 16.7 Å². The molecule has 2 heteroatoms. The molecule has 0 aliphatic heterocycles. The van der Waals surface area contributed by atoms with Gasteiger partial charge >= 0.3 is 0 Å². The Bertz CT molecular complexity index is 261. The fourth-order valence-electron chi connectivity index (χ4n) is 1.80. The lowest BCUT2D eigenvalue weighted by molar-refractivity contribution is 0.189. The van der Waals surface area contributed by atoms with E-state index in [1.165, 1.54) is 0 Å². The van der Waals surface area contributed by atoms with Crippen LogP contribution < -0.4 is 5.73 Å². The molecule has 13 heavy (non-hydrogen) atoms. The van der Waals surface area contributed by atoms with Crippen molar-refractivity contribution in [2.75, 3.05) is 0 Å². The molecule has 0 bridgehead atoms. The Morgan fingerprint density at radius 1 is 1.62 bits per heavy atom. The Morgan fingerprint density at radius 3 is 2.85 bits per heavy atom. The van der Waals surface area contributed by atoms with Crippen LogP contribution in [0.25, 0.3) is 0 Å². The molecule has 1 fully saturated rings. The van der Waals surface area contributed by atoms with E-state index in [1.54, 1.807) is 0 Å². The lowest BCUT2D eigenvalue weighted by Gasteiger charge is -2.25. The fraction of sp³-hybridized carbons (Fsp3) is 0.636. The van der Waals surface area contributed by atoms with Gasteiger partial charge in [-0.25, -0.2) is 0 Å². The van der Waals surface area contributed by atoms with E-state index in [1.807, 2.05) is 19.1 Å². The Kier molecular flexibility index (Phi) is 2.05. The van der Waals surface area contributed by atoms with E-state index in [2.05, 4.69) is 6.08 Å². The van der Waals surface area contributed by atoms with Crippen molar-refractivity contribution in [3.8, 4) is 0 Å². The van der Waals surface area contributed by atoms with Gasteiger partial charge in [-0.2, -0.15) is 0 Å². The minimum absolute atomic E-state index is 0.264. The summed E-state index contributed by atoms with van der Waals surface area (Å²) >= 11 is 0. The lowest BCUT2D eigenvalue weighted by Crippen LogP contribution is -2.35. The van der Waals surface area contributed by atoms with Gasteiger partial charge < -0.3 is 10.8 Å². The van der Waals surface area contributed by atoms with Gasteiger partial charge in [-0.05, 0) is 37.7 Å². The van der Waals surface area contributed by atoms with Crippen LogP contribution in [0.4, 0.5) is 0 Å². The minimum atomic E-state index is -0.278. The monoisotopic (exact) mass is 179 g/mol. The third-order valence-corrected chi connectivity index (χ3v) is 2.77. The predicted molar refractivity (Wildman–Crippen MR) is 53.2 cm³/mol. The molecule has 72 valence electrons. The molecule has 3 N–H and O–H groups in total. The highest BCUT2D eigenvalue weighted by molar-refractivity contribution is 5.33. The van der Waals surface area contributed by atoms with Crippen LogP contribution in [0.15, 0.2) is 23.8 Å². The zero-order valence-electron chi connectivity index (χ0n) is 8.03. The van der Waals surface area contributed by atoms with Crippen molar-refractivity contribution in [2.45, 2.75) is 37.8 Å². The number of nitrogens with two attached hydrogens (primary N) is 1. The normalized spacial score (nSPS) is 35.8. The van der Waals surface area contributed by atoms with E-state index in [9.17, 15) is 5.11 Å². The van der Waals surface area contributed by atoms with Crippen molar-refractivity contribution >= 4 is 0 Å². The molecular weight excluding hydrogens is 162 g/mol. The standard InChI is InChI=1S/C11H17NO/c1-11(12)6-2-3-9(7-11)10(13)8-4-5-8/h2-3,7-8,10,13H,4-6,12H2,1H3/t10?,11-/m1/s1. The average molecular weight is 179 g/mol. The van der Waals surface area contributed by atoms with Gasteiger partial charge in [-0.15, -0.1) is 0 Å². The first-order chi connectivity index (χ1) is 6.08. The first-order valence-electron chi connectivity index (χ1n) is 4.95. The van der Waals surface area contributed by atoms with Gasteiger partial charge in [0.15, 0.2) is 0 Å². The lowest BCUT2D eigenvalue weighted by atomic mass is 9.88. The molecule has 0 radical (unpaired) electrons. The number of hydrogen-bond acceptors (Lipinski definition) is 2. The van der Waals surface area contributed by atoms with Gasteiger partial charge in [0.1, 0.15) is 0 Å². The maximum atomic E-state index is 9.87. The summed E-state index contributed by atoms with van der Waals surface area (Å²) in [5.74, 6) is 0.491. The number of aliphatic hydroxyl groups excluding tert-OH is 1. The molecular formula is C11H17NO. The second-order valence-corrected chi connectivity index (χ2v) is 4.54. The van der Waals surface area contributed by atoms with Crippen molar-refractivity contribution in [1.82, 2.24) is 0 Å². The quantitative estimate of drug-likeness (QED) is 0.672. The first-order valence-corrected chi connectivity index (χ1v) is 4.95. The van der Waals surface area contributed by atoms with Crippen LogP contribution in [0, 0.1) is 5.92 Å². The van der Waals surface area contributed by atoms with Gasteiger partial charge in [0.05, 0.1) is 6.10 Å². The molecule has 1 unspecified atom stereocenters. The van der Waals surface area contributed by atoms with Gasteiger partial charge in [0.25, 0.3) is 0 Å². The Morgan fingerprint density at radius 2 is 2.31 bits per heavy atom. The molecule has 0 aromatic carbocycles. The van der Waals surface area contributed by atoms with E-state index in [-0.39, 0.29) is 11.6 Å². The van der Waals surface area contributed by atoms with Gasteiger partial charge in [-0.3, -0.25) is 0 Å². The Labute approximate surface area is 79.1 Å². The highest BCUT2D eigenvalue weighted by Gasteiger charge is 2.33. The summed E-state index contributed by atoms with van der Waals surface area (Å²) in [6, 6.07) is 0. The SMILES string of the molecule is C[C@]1(N)C=C(C(O)C2CC2)C=CC1. The second kappa shape index (κ2) is 2.96. The van der Waals surface area contributed by atoms with Gasteiger partial charge in [-0.1, -0.05) is 18.2 Å². The molecule has 2 atom stereocenters. The van der Waals surface area contributed by atoms with Gasteiger partial charge in [0, 0.05) is 5.54 Å². The second-order valence-electron chi connectivity index (χ2n) is 4.54. The van der Waals surface area contributed by atoms with Crippen molar-refractivity contribution in [3.05, 3.63) is 23.8 Å². The fourth-order valence-corrected chi connectivity index (χ4v) is 1.80. The largest absolute Gasteiger partial charge is 0.388 e. The van der Waals surface area contributed by atoms with Crippen LogP contribution in [0.2, 0.25) is 0 Å². The highest BCUT2D eigenvalue weighted by atomic mass is 16.3. The van der Waals surface area contributed by atoms with Crippen LogP contribution in [0.3, 0.4) is 0 Å². The highest BCUT2D eigenvalue weighted by Crippen LogP contribution is 2.37. The molecule has 0 heterocycles. The Balaban J connectivity index is 2.12.